The van der Waals surface area contributed by atoms with E-state index < -0.39 is 5.54 Å². The van der Waals surface area contributed by atoms with Crippen LogP contribution in [0.25, 0.3) is 10.8 Å². The molecule has 0 aliphatic carbocycles. The normalized spacial score (nSPS) is 21.4. The SMILES string of the molecule is CN1CCCC1COc1nc2c(c(N3CCN(C(=O)C4C[N@@]4C(c4ccccc4)(c4ccccc4)c4ccccc4)C(CC#N)C3)n1)CCN(c1cc(O)cc3ccccc13)C2. The topological polar surface area (TPSA) is 112 Å². The number of benzene rings is 5. The van der Waals surface area contributed by atoms with Crippen molar-refractivity contribution in [3.63, 3.8) is 0 Å². The van der Waals surface area contributed by atoms with Crippen LogP contribution in [0.3, 0.4) is 0 Å². The number of likely N-dealkylation sites (N-methyl/N-ethyl adjacent to an activating group) is 1. The molecule has 1 N–H and O–H groups in total. The molecule has 1 amide bonds. The minimum absolute atomic E-state index is 0.0560. The largest absolute Gasteiger partial charge is 0.508 e. The molecule has 3 fully saturated rings. The number of carbonyl (C=O) groups is 1. The van der Waals surface area contributed by atoms with Crippen molar-refractivity contribution in [2.45, 2.75) is 55.9 Å². The summed E-state index contributed by atoms with van der Waals surface area (Å²) in [6.45, 7) is 4.90. The third-order valence-corrected chi connectivity index (χ3v) is 13.6. The van der Waals surface area contributed by atoms with E-state index >= 15 is 0 Å². The molecule has 4 atom stereocenters. The molecule has 0 bridgehead atoms. The first-order valence-electron chi connectivity index (χ1n) is 22.0. The highest BCUT2D eigenvalue weighted by molar-refractivity contribution is 5.95. The molecule has 1 aromatic heterocycles. The van der Waals surface area contributed by atoms with Crippen molar-refractivity contribution in [2.24, 2.45) is 0 Å². The van der Waals surface area contributed by atoms with Gasteiger partial charge < -0.3 is 29.4 Å². The van der Waals surface area contributed by atoms with E-state index in [1.807, 2.05) is 47.4 Å². The Morgan fingerprint density at radius 2 is 1.48 bits per heavy atom. The Bertz CT molecular complexity index is 2510. The lowest BCUT2D eigenvalue weighted by Crippen LogP contribution is -2.57. The molecule has 0 spiro atoms. The van der Waals surface area contributed by atoms with Crippen LogP contribution < -0.4 is 14.5 Å². The zero-order valence-corrected chi connectivity index (χ0v) is 35.2. The molecule has 314 valence electrons. The first-order chi connectivity index (χ1) is 30.4. The summed E-state index contributed by atoms with van der Waals surface area (Å²) in [5.41, 5.74) is 5.56. The van der Waals surface area contributed by atoms with Crippen molar-refractivity contribution >= 4 is 28.2 Å². The summed E-state index contributed by atoms with van der Waals surface area (Å²) < 4.78 is 6.44. The fourth-order valence-electron chi connectivity index (χ4n) is 10.4. The van der Waals surface area contributed by atoms with Gasteiger partial charge in [0.15, 0.2) is 0 Å². The van der Waals surface area contributed by atoms with E-state index in [2.05, 4.69) is 112 Å². The van der Waals surface area contributed by atoms with Gasteiger partial charge in [0.2, 0.25) is 5.91 Å². The lowest BCUT2D eigenvalue weighted by atomic mass is 9.76. The molecule has 4 aliphatic rings. The predicted molar refractivity (Wildman–Crippen MR) is 241 cm³/mol. The van der Waals surface area contributed by atoms with Crippen molar-refractivity contribution in [1.29, 1.82) is 5.26 Å². The fraction of sp³-hybridized carbons (Fsp3) is 0.333. The number of nitrogens with zero attached hydrogens (tertiary/aromatic N) is 8. The number of aromatic nitrogens is 2. The van der Waals surface area contributed by atoms with Gasteiger partial charge >= 0.3 is 6.01 Å². The second-order valence-corrected chi connectivity index (χ2v) is 17.2. The smallest absolute Gasteiger partial charge is 0.318 e. The van der Waals surface area contributed by atoms with E-state index in [1.165, 1.54) is 0 Å². The van der Waals surface area contributed by atoms with Gasteiger partial charge in [-0.15, -0.1) is 0 Å². The predicted octanol–water partition coefficient (Wildman–Crippen LogP) is 6.98. The van der Waals surface area contributed by atoms with E-state index in [9.17, 15) is 15.2 Å². The van der Waals surface area contributed by atoms with Crippen LogP contribution in [-0.2, 0) is 23.3 Å². The maximum atomic E-state index is 14.9. The molecule has 3 saturated heterocycles. The lowest BCUT2D eigenvalue weighted by molar-refractivity contribution is -0.134. The maximum Gasteiger partial charge on any atom is 0.318 e. The van der Waals surface area contributed by atoms with Crippen LogP contribution in [0.1, 0.15) is 47.2 Å². The highest BCUT2D eigenvalue weighted by atomic mass is 16.5. The third-order valence-electron chi connectivity index (χ3n) is 13.6. The summed E-state index contributed by atoms with van der Waals surface area (Å²) in [6, 6.07) is 45.7. The number of ether oxygens (including phenoxy) is 1. The molecule has 3 unspecified atom stereocenters. The number of piperazine rings is 1. The number of likely N-dealkylation sites (tertiary alicyclic amines) is 1. The second-order valence-electron chi connectivity index (χ2n) is 17.2. The number of rotatable bonds is 11. The molecule has 5 aromatic carbocycles. The number of nitriles is 1. The summed E-state index contributed by atoms with van der Waals surface area (Å²) in [6.07, 6.45) is 3.11. The zero-order chi connectivity index (χ0) is 42.2. The van der Waals surface area contributed by atoms with Crippen molar-refractivity contribution in [1.82, 2.24) is 24.7 Å². The average Bonchev–Trinajstić information content (AvgIpc) is 4.01. The third kappa shape index (κ3) is 7.27. The van der Waals surface area contributed by atoms with Crippen LogP contribution >= 0.6 is 0 Å². The lowest BCUT2D eigenvalue weighted by Gasteiger charge is -2.43. The van der Waals surface area contributed by atoms with Gasteiger partial charge in [0.1, 0.15) is 24.2 Å². The Balaban J connectivity index is 0.951. The summed E-state index contributed by atoms with van der Waals surface area (Å²) in [7, 11) is 2.14. The molecular weight excluding hydrogens is 773 g/mol. The number of amides is 1. The fourth-order valence-corrected chi connectivity index (χ4v) is 10.4. The number of aromatic hydroxyl groups is 1. The summed E-state index contributed by atoms with van der Waals surface area (Å²) in [5, 5.41) is 23.0. The number of fused-ring (bicyclic) bond motifs is 2. The molecule has 11 nitrogen and oxygen atoms in total. The van der Waals surface area contributed by atoms with E-state index in [0.29, 0.717) is 64.3 Å². The molecule has 6 aromatic rings. The Kier molecular flexibility index (Phi) is 10.7. The van der Waals surface area contributed by atoms with Crippen LogP contribution in [0.4, 0.5) is 11.5 Å². The van der Waals surface area contributed by atoms with Crippen LogP contribution in [0.15, 0.2) is 127 Å². The molecule has 4 aliphatic heterocycles. The minimum Gasteiger partial charge on any atom is -0.508 e. The number of carbonyl (C=O) groups excluding carboxylic acids is 1. The van der Waals surface area contributed by atoms with Gasteiger partial charge in [0.05, 0.1) is 36.3 Å². The zero-order valence-electron chi connectivity index (χ0n) is 35.2. The standard InChI is InChI=1S/C51H52N8O3/c1-55-26-13-21-41(55)35-62-50-53-45-33-56(46-31-42(60)30-36-14-11-12-22-43(36)46)27-24-44(45)48(54-50)57-28-29-58(40(32-57)23-25-52)49(61)47-34-59(47)51(37-15-5-2-6-16-37,38-17-7-3-8-18-38)39-19-9-4-10-20-39/h2-12,14-20,22,30-31,40-41,47,60H,13,21,23-24,26-29,32-35H2,1H3/t40?,41?,47?,59-/m1/s1. The Morgan fingerprint density at radius 1 is 0.806 bits per heavy atom. The molecule has 5 heterocycles. The summed E-state index contributed by atoms with van der Waals surface area (Å²) in [4.78, 5) is 36.3. The van der Waals surface area contributed by atoms with E-state index in [0.717, 1.165) is 69.6 Å². The van der Waals surface area contributed by atoms with Crippen molar-refractivity contribution in [3.05, 3.63) is 155 Å². The van der Waals surface area contributed by atoms with E-state index in [-0.39, 0.29) is 30.2 Å². The number of hydrogen-bond acceptors (Lipinski definition) is 10. The quantitative estimate of drug-likeness (QED) is 0.109. The first kappa shape index (κ1) is 39.6. The molecule has 0 radical (unpaired) electrons. The van der Waals surface area contributed by atoms with Crippen molar-refractivity contribution in [2.75, 3.05) is 62.7 Å². The van der Waals surface area contributed by atoms with Gasteiger partial charge in [-0.3, -0.25) is 9.69 Å². The van der Waals surface area contributed by atoms with E-state index in [1.54, 1.807) is 6.07 Å². The highest BCUT2D eigenvalue weighted by Gasteiger charge is 2.57. The Labute approximate surface area is 363 Å². The van der Waals surface area contributed by atoms with Crippen LogP contribution in [0, 0.1) is 11.3 Å². The van der Waals surface area contributed by atoms with Crippen LogP contribution in [-0.4, -0.2) is 107 Å². The molecule has 62 heavy (non-hydrogen) atoms. The van der Waals surface area contributed by atoms with Crippen LogP contribution in [0.5, 0.6) is 11.8 Å². The second kappa shape index (κ2) is 16.8. The molecule has 10 rings (SSSR count). The minimum atomic E-state index is -0.682. The monoisotopic (exact) mass is 824 g/mol. The highest BCUT2D eigenvalue weighted by Crippen LogP contribution is 2.49. The van der Waals surface area contributed by atoms with Gasteiger partial charge in [0, 0.05) is 61.5 Å². The van der Waals surface area contributed by atoms with Gasteiger partial charge in [0.25, 0.3) is 0 Å². The summed E-state index contributed by atoms with van der Waals surface area (Å²) in [5.74, 6) is 1.11. The Morgan fingerprint density at radius 3 is 2.15 bits per heavy atom. The number of phenolic OH excluding ortho intramolecular Hbond substituents is 1. The molecule has 11 heteroatoms. The van der Waals surface area contributed by atoms with Gasteiger partial charge in [-0.2, -0.15) is 15.2 Å². The maximum absolute atomic E-state index is 14.9. The van der Waals surface area contributed by atoms with Crippen molar-refractivity contribution < 1.29 is 14.6 Å². The van der Waals surface area contributed by atoms with Gasteiger partial charge in [-0.25, -0.2) is 0 Å². The molecule has 0 saturated carbocycles. The average molecular weight is 825 g/mol. The Hall–Kier alpha value is -6.48. The molecular formula is C51H52N8O3. The number of anilines is 2. The van der Waals surface area contributed by atoms with Gasteiger partial charge in [-0.05, 0) is 61.0 Å². The number of hydrogen-bond donors (Lipinski definition) is 1. The summed E-state index contributed by atoms with van der Waals surface area (Å²) >= 11 is 0. The first-order valence-corrected chi connectivity index (χ1v) is 22.0. The van der Waals surface area contributed by atoms with Crippen molar-refractivity contribution in [3.8, 4) is 17.8 Å². The van der Waals surface area contributed by atoms with Crippen LogP contribution in [0.2, 0.25) is 0 Å². The number of phenols is 1. The van der Waals surface area contributed by atoms with Gasteiger partial charge in [-0.1, -0.05) is 115 Å². The van der Waals surface area contributed by atoms with E-state index in [4.69, 9.17) is 14.7 Å².